The molecule has 1 atom stereocenters. The lowest BCUT2D eigenvalue weighted by Crippen LogP contribution is -2.14. The Morgan fingerprint density at radius 3 is 2.48 bits per heavy atom. The molecule has 5 heteroatoms. The molecule has 1 N–H and O–H groups in total. The molecule has 0 radical (unpaired) electrons. The molecule has 0 aliphatic carbocycles. The predicted molar refractivity (Wildman–Crippen MR) is 112 cm³/mol. The van der Waals surface area contributed by atoms with Crippen molar-refractivity contribution in [1.29, 1.82) is 5.26 Å². The highest BCUT2D eigenvalue weighted by Crippen LogP contribution is 2.29. The Morgan fingerprint density at radius 2 is 1.85 bits per heavy atom. The van der Waals surface area contributed by atoms with Gasteiger partial charge in [0.2, 0.25) is 0 Å². The van der Waals surface area contributed by atoms with E-state index >= 15 is 0 Å². The van der Waals surface area contributed by atoms with Crippen LogP contribution in [0.25, 0.3) is 12.2 Å². The average Bonchev–Trinajstić information content (AvgIpc) is 2.89. The fourth-order valence-electron chi connectivity index (χ4n) is 3.22. The molecule has 0 fully saturated rings. The normalized spacial score (nSPS) is 18.1. The fourth-order valence-corrected chi connectivity index (χ4v) is 4.59. The SMILES string of the molecule is C=S1(=O)C=Cc2ccc(NC(=O)/C(C#N)=C/c3c(C)cc(C)cc3C)cc21. The van der Waals surface area contributed by atoms with Crippen LogP contribution >= 0.6 is 0 Å². The summed E-state index contributed by atoms with van der Waals surface area (Å²) < 4.78 is 12.4. The van der Waals surface area contributed by atoms with Gasteiger partial charge in [-0.05, 0) is 78.6 Å². The van der Waals surface area contributed by atoms with Crippen LogP contribution in [0, 0.1) is 32.1 Å². The third kappa shape index (κ3) is 3.71. The summed E-state index contributed by atoms with van der Waals surface area (Å²) in [6.07, 6.45) is 3.37. The van der Waals surface area contributed by atoms with Crippen LogP contribution in [0.2, 0.25) is 0 Å². The number of nitrogens with one attached hydrogen (secondary N) is 1. The van der Waals surface area contributed by atoms with Crippen molar-refractivity contribution in [2.45, 2.75) is 25.7 Å². The van der Waals surface area contributed by atoms with Crippen molar-refractivity contribution < 1.29 is 9.00 Å². The average molecular weight is 376 g/mol. The molecule has 0 aromatic heterocycles. The van der Waals surface area contributed by atoms with Crippen molar-refractivity contribution in [2.24, 2.45) is 0 Å². The van der Waals surface area contributed by atoms with Crippen molar-refractivity contribution in [3.63, 3.8) is 0 Å². The maximum absolute atomic E-state index is 12.6. The second-order valence-electron chi connectivity index (χ2n) is 6.72. The third-order valence-electron chi connectivity index (χ3n) is 4.50. The second-order valence-corrected chi connectivity index (χ2v) is 8.88. The van der Waals surface area contributed by atoms with E-state index in [1.807, 2.05) is 39.0 Å². The number of nitrogens with zero attached hydrogens (tertiary/aromatic N) is 1. The van der Waals surface area contributed by atoms with Gasteiger partial charge in [0.05, 0.1) is 0 Å². The molecule has 2 aromatic rings. The number of hydrogen-bond donors (Lipinski definition) is 1. The Balaban J connectivity index is 1.91. The van der Waals surface area contributed by atoms with Crippen molar-refractivity contribution in [3.8, 4) is 6.07 Å². The van der Waals surface area contributed by atoms with Crippen LogP contribution in [0.5, 0.6) is 0 Å². The highest BCUT2D eigenvalue weighted by atomic mass is 32.2. The van der Waals surface area contributed by atoms with Gasteiger partial charge >= 0.3 is 0 Å². The number of aryl methyl sites for hydroxylation is 3. The third-order valence-corrected chi connectivity index (χ3v) is 6.18. The van der Waals surface area contributed by atoms with E-state index in [0.717, 1.165) is 27.8 Å². The zero-order chi connectivity index (χ0) is 19.8. The summed E-state index contributed by atoms with van der Waals surface area (Å²) in [5, 5.41) is 13.8. The van der Waals surface area contributed by atoms with Crippen LogP contribution in [0.3, 0.4) is 0 Å². The molecular weight excluding hydrogens is 356 g/mol. The minimum atomic E-state index is -2.47. The number of rotatable bonds is 3. The molecule has 1 unspecified atom stereocenters. The zero-order valence-corrected chi connectivity index (χ0v) is 16.3. The van der Waals surface area contributed by atoms with E-state index in [1.165, 1.54) is 0 Å². The van der Waals surface area contributed by atoms with E-state index in [9.17, 15) is 14.3 Å². The van der Waals surface area contributed by atoms with Crippen molar-refractivity contribution in [1.82, 2.24) is 0 Å². The first-order valence-electron chi connectivity index (χ1n) is 8.41. The quantitative estimate of drug-likeness (QED) is 0.495. The van der Waals surface area contributed by atoms with Gasteiger partial charge in [-0.3, -0.25) is 9.00 Å². The number of fused-ring (bicyclic) bond motifs is 1. The van der Waals surface area contributed by atoms with Gasteiger partial charge in [0.15, 0.2) is 0 Å². The maximum atomic E-state index is 12.6. The van der Waals surface area contributed by atoms with E-state index in [1.54, 1.807) is 35.8 Å². The van der Waals surface area contributed by atoms with Crippen LogP contribution in [-0.4, -0.2) is 16.0 Å². The van der Waals surface area contributed by atoms with E-state index in [4.69, 9.17) is 0 Å². The molecular formula is C22H20N2O2S. The monoisotopic (exact) mass is 376 g/mol. The smallest absolute Gasteiger partial charge is 0.266 e. The maximum Gasteiger partial charge on any atom is 0.266 e. The Hall–Kier alpha value is -3.10. The molecule has 0 saturated carbocycles. The van der Waals surface area contributed by atoms with Gasteiger partial charge < -0.3 is 5.32 Å². The lowest BCUT2D eigenvalue weighted by molar-refractivity contribution is -0.112. The zero-order valence-electron chi connectivity index (χ0n) is 15.5. The van der Waals surface area contributed by atoms with Crippen LogP contribution < -0.4 is 5.32 Å². The molecule has 2 aromatic carbocycles. The number of anilines is 1. The van der Waals surface area contributed by atoms with Gasteiger partial charge in [-0.15, -0.1) is 0 Å². The first kappa shape index (κ1) is 18.7. The molecule has 0 spiro atoms. The van der Waals surface area contributed by atoms with Crippen molar-refractivity contribution in [2.75, 3.05) is 5.32 Å². The largest absolute Gasteiger partial charge is 0.321 e. The van der Waals surface area contributed by atoms with E-state index < -0.39 is 15.4 Å². The van der Waals surface area contributed by atoms with Gasteiger partial charge in [-0.25, -0.2) is 0 Å². The molecule has 0 saturated heterocycles. The van der Waals surface area contributed by atoms with Crippen LogP contribution in [-0.2, 0) is 14.3 Å². The predicted octanol–water partition coefficient (Wildman–Crippen LogP) is 4.22. The minimum absolute atomic E-state index is 0.0130. The molecule has 1 aliphatic heterocycles. The lowest BCUT2D eigenvalue weighted by atomic mass is 9.98. The van der Waals surface area contributed by atoms with Crippen LogP contribution in [0.1, 0.15) is 27.8 Å². The Bertz CT molecular complexity index is 1140. The van der Waals surface area contributed by atoms with Crippen LogP contribution in [0.15, 0.2) is 46.2 Å². The number of carbonyl (C=O) groups is 1. The summed E-state index contributed by atoms with van der Waals surface area (Å²) in [7, 11) is -2.47. The number of amides is 1. The van der Waals surface area contributed by atoms with Gasteiger partial charge in [0.25, 0.3) is 5.91 Å². The molecule has 1 amide bonds. The second kappa shape index (κ2) is 6.90. The molecule has 1 heterocycles. The molecule has 0 bridgehead atoms. The Kier molecular flexibility index (Phi) is 4.77. The lowest BCUT2D eigenvalue weighted by Gasteiger charge is -2.10. The number of benzene rings is 2. The number of carbonyl (C=O) groups excluding carboxylic acids is 1. The molecule has 1 aliphatic rings. The summed E-state index contributed by atoms with van der Waals surface area (Å²) in [6, 6.07) is 11.2. The van der Waals surface area contributed by atoms with E-state index in [2.05, 4.69) is 11.2 Å². The highest BCUT2D eigenvalue weighted by molar-refractivity contribution is 8.03. The van der Waals surface area contributed by atoms with Crippen molar-refractivity contribution >= 4 is 39.1 Å². The first-order valence-corrected chi connectivity index (χ1v) is 10.2. The minimum Gasteiger partial charge on any atom is -0.321 e. The van der Waals surface area contributed by atoms with Crippen molar-refractivity contribution in [3.05, 3.63) is 69.1 Å². The summed E-state index contributed by atoms with van der Waals surface area (Å²) in [5.74, 6) is 3.23. The van der Waals surface area contributed by atoms with Crippen LogP contribution in [0.4, 0.5) is 5.69 Å². The topological polar surface area (TPSA) is 70.0 Å². The van der Waals surface area contributed by atoms with Gasteiger partial charge in [0.1, 0.15) is 11.6 Å². The Labute approximate surface area is 159 Å². The summed E-state index contributed by atoms with van der Waals surface area (Å²) >= 11 is 0. The summed E-state index contributed by atoms with van der Waals surface area (Å²) in [4.78, 5) is 13.2. The van der Waals surface area contributed by atoms with Gasteiger partial charge in [-0.1, -0.05) is 23.8 Å². The van der Waals surface area contributed by atoms with E-state index in [-0.39, 0.29) is 5.57 Å². The fraction of sp³-hybridized carbons (Fsp3) is 0.136. The summed E-state index contributed by atoms with van der Waals surface area (Å²) in [6.45, 7) is 5.92. The summed E-state index contributed by atoms with van der Waals surface area (Å²) in [5.41, 5.74) is 5.34. The molecule has 27 heavy (non-hydrogen) atoms. The number of hydrogen-bond acceptors (Lipinski definition) is 3. The number of nitriles is 1. The van der Waals surface area contributed by atoms with Gasteiger partial charge in [0, 0.05) is 20.1 Å². The first-order chi connectivity index (χ1) is 12.7. The Morgan fingerprint density at radius 1 is 1.19 bits per heavy atom. The van der Waals surface area contributed by atoms with Gasteiger partial charge in [-0.2, -0.15) is 5.26 Å². The highest BCUT2D eigenvalue weighted by Gasteiger charge is 2.17. The molecule has 3 rings (SSSR count). The molecule has 136 valence electrons. The standard InChI is InChI=1S/C22H20N2O2S/c1-14-9-15(2)20(16(3)10-14)11-18(13-23)22(25)24-19-6-5-17-7-8-27(4,26)21(17)12-19/h5-12H,4H2,1-3H3,(H,24,25)/b18-11+. The molecule has 4 nitrogen and oxygen atoms in total. The van der Waals surface area contributed by atoms with E-state index in [0.29, 0.717) is 10.6 Å².